The van der Waals surface area contributed by atoms with E-state index >= 15 is 0 Å². The van der Waals surface area contributed by atoms with E-state index in [4.69, 9.17) is 25.8 Å². The standard InChI is InChI=1S/C21H31ClN2O5/c1-27-12-11-24(19(25)14-22)20(21(26)23-16-7-5-4-6-8-16)15-9-10-17(28-2)18(13-15)29-3/h9-10,13,16,20H,4-8,11-12,14H2,1-3H3,(H,23,26). The number of benzene rings is 1. The van der Waals surface area contributed by atoms with Crippen LogP contribution in [0.4, 0.5) is 0 Å². The Morgan fingerprint density at radius 3 is 2.41 bits per heavy atom. The minimum absolute atomic E-state index is 0.120. The second-order valence-electron chi connectivity index (χ2n) is 7.07. The maximum atomic E-state index is 13.3. The number of nitrogens with one attached hydrogen (secondary N) is 1. The summed E-state index contributed by atoms with van der Waals surface area (Å²) >= 11 is 5.85. The maximum absolute atomic E-state index is 13.3. The summed E-state index contributed by atoms with van der Waals surface area (Å²) < 4.78 is 15.8. The first-order valence-electron chi connectivity index (χ1n) is 9.92. The van der Waals surface area contributed by atoms with Crippen LogP contribution in [0.3, 0.4) is 0 Å². The fourth-order valence-electron chi connectivity index (χ4n) is 3.69. The Bertz CT molecular complexity index is 679. The van der Waals surface area contributed by atoms with E-state index in [1.165, 1.54) is 18.4 Å². The highest BCUT2D eigenvalue weighted by Crippen LogP contribution is 2.32. The van der Waals surface area contributed by atoms with Crippen molar-refractivity contribution in [3.63, 3.8) is 0 Å². The second-order valence-corrected chi connectivity index (χ2v) is 7.34. The van der Waals surface area contributed by atoms with E-state index in [0.29, 0.717) is 23.7 Å². The van der Waals surface area contributed by atoms with Gasteiger partial charge in [-0.3, -0.25) is 9.59 Å². The number of hydrogen-bond acceptors (Lipinski definition) is 5. The molecule has 2 amide bonds. The molecule has 1 aliphatic carbocycles. The Hall–Kier alpha value is -1.99. The summed E-state index contributed by atoms with van der Waals surface area (Å²) in [5, 5.41) is 3.13. The van der Waals surface area contributed by atoms with E-state index in [0.717, 1.165) is 25.7 Å². The smallest absolute Gasteiger partial charge is 0.247 e. The molecule has 8 heteroatoms. The minimum atomic E-state index is -0.835. The van der Waals surface area contributed by atoms with Gasteiger partial charge in [0.05, 0.1) is 20.8 Å². The van der Waals surface area contributed by atoms with Crippen molar-refractivity contribution in [2.75, 3.05) is 40.4 Å². The lowest BCUT2D eigenvalue weighted by Gasteiger charge is -2.33. The van der Waals surface area contributed by atoms with Gasteiger partial charge in [-0.05, 0) is 30.5 Å². The molecular formula is C21H31ClN2O5. The predicted molar refractivity (Wildman–Crippen MR) is 112 cm³/mol. The van der Waals surface area contributed by atoms with Gasteiger partial charge in [0.25, 0.3) is 0 Å². The summed E-state index contributed by atoms with van der Waals surface area (Å²) in [5.74, 6) is 0.269. The molecule has 1 N–H and O–H groups in total. The molecule has 0 bridgehead atoms. The average molecular weight is 427 g/mol. The van der Waals surface area contributed by atoms with Crippen LogP contribution < -0.4 is 14.8 Å². The SMILES string of the molecule is COCCN(C(=O)CCl)C(C(=O)NC1CCCCC1)c1ccc(OC)c(OC)c1. The molecule has 0 aliphatic heterocycles. The molecule has 1 unspecified atom stereocenters. The minimum Gasteiger partial charge on any atom is -0.493 e. The van der Waals surface area contributed by atoms with Gasteiger partial charge in [-0.25, -0.2) is 0 Å². The van der Waals surface area contributed by atoms with Gasteiger partial charge >= 0.3 is 0 Å². The van der Waals surface area contributed by atoms with Crippen LogP contribution in [0.25, 0.3) is 0 Å². The first kappa shape index (κ1) is 23.3. The Balaban J connectivity index is 2.39. The van der Waals surface area contributed by atoms with E-state index in [1.807, 2.05) is 0 Å². The van der Waals surface area contributed by atoms with Crippen LogP contribution in [-0.4, -0.2) is 63.1 Å². The van der Waals surface area contributed by atoms with Gasteiger partial charge in [0.2, 0.25) is 11.8 Å². The maximum Gasteiger partial charge on any atom is 0.247 e. The Morgan fingerprint density at radius 2 is 1.83 bits per heavy atom. The topological polar surface area (TPSA) is 77.1 Å². The number of alkyl halides is 1. The van der Waals surface area contributed by atoms with E-state index in [2.05, 4.69) is 5.32 Å². The molecule has 7 nitrogen and oxygen atoms in total. The van der Waals surface area contributed by atoms with Gasteiger partial charge in [0.1, 0.15) is 11.9 Å². The van der Waals surface area contributed by atoms with Crippen molar-refractivity contribution in [3.8, 4) is 11.5 Å². The molecule has 1 aliphatic rings. The molecule has 2 rings (SSSR count). The summed E-state index contributed by atoms with van der Waals surface area (Å²) in [7, 11) is 4.63. The fourth-order valence-corrected chi connectivity index (χ4v) is 3.84. The van der Waals surface area contributed by atoms with Crippen molar-refractivity contribution < 1.29 is 23.8 Å². The van der Waals surface area contributed by atoms with Crippen LogP contribution in [0.5, 0.6) is 11.5 Å². The zero-order valence-electron chi connectivity index (χ0n) is 17.4. The third-order valence-electron chi connectivity index (χ3n) is 5.21. The number of rotatable bonds is 10. The summed E-state index contributed by atoms with van der Waals surface area (Å²) in [4.78, 5) is 27.4. The predicted octanol–water partition coefficient (Wildman–Crippen LogP) is 2.91. The molecule has 0 spiro atoms. The highest BCUT2D eigenvalue weighted by molar-refractivity contribution is 6.27. The van der Waals surface area contributed by atoms with Crippen molar-refractivity contribution in [2.45, 2.75) is 44.2 Å². The molecule has 1 aromatic carbocycles. The van der Waals surface area contributed by atoms with Gasteiger partial charge in [-0.1, -0.05) is 25.3 Å². The summed E-state index contributed by atoms with van der Waals surface area (Å²) in [6.07, 6.45) is 5.29. The lowest BCUT2D eigenvalue weighted by Crippen LogP contribution is -2.48. The normalized spacial score (nSPS) is 15.4. The van der Waals surface area contributed by atoms with Crippen molar-refractivity contribution in [1.29, 1.82) is 0 Å². The molecular weight excluding hydrogens is 396 g/mol. The molecule has 0 radical (unpaired) electrons. The molecule has 1 saturated carbocycles. The summed E-state index contributed by atoms with van der Waals surface area (Å²) in [6.45, 7) is 0.544. The number of carbonyl (C=O) groups is 2. The summed E-state index contributed by atoms with van der Waals surface area (Å²) in [5.41, 5.74) is 0.630. The average Bonchev–Trinajstić information content (AvgIpc) is 2.76. The molecule has 1 atom stereocenters. The Morgan fingerprint density at radius 1 is 1.14 bits per heavy atom. The van der Waals surface area contributed by atoms with E-state index in [9.17, 15) is 9.59 Å². The van der Waals surface area contributed by atoms with Gasteiger partial charge in [0, 0.05) is 19.7 Å². The number of hydrogen-bond donors (Lipinski definition) is 1. The highest BCUT2D eigenvalue weighted by atomic mass is 35.5. The van der Waals surface area contributed by atoms with Crippen molar-refractivity contribution in [2.24, 2.45) is 0 Å². The monoisotopic (exact) mass is 426 g/mol. The first-order valence-corrected chi connectivity index (χ1v) is 10.5. The first-order chi connectivity index (χ1) is 14.0. The van der Waals surface area contributed by atoms with Gasteiger partial charge < -0.3 is 24.4 Å². The number of nitrogens with zero attached hydrogens (tertiary/aromatic N) is 1. The van der Waals surface area contributed by atoms with E-state index in [-0.39, 0.29) is 30.3 Å². The van der Waals surface area contributed by atoms with Crippen LogP contribution in [-0.2, 0) is 14.3 Å². The second kappa shape index (κ2) is 11.9. The van der Waals surface area contributed by atoms with Crippen LogP contribution in [0.15, 0.2) is 18.2 Å². The molecule has 0 saturated heterocycles. The van der Waals surface area contributed by atoms with Gasteiger partial charge in [-0.15, -0.1) is 11.6 Å². The molecule has 1 aromatic rings. The van der Waals surface area contributed by atoms with Crippen molar-refractivity contribution in [1.82, 2.24) is 10.2 Å². The number of ether oxygens (including phenoxy) is 3. The van der Waals surface area contributed by atoms with Crippen LogP contribution in [0.2, 0.25) is 0 Å². The van der Waals surface area contributed by atoms with E-state index in [1.54, 1.807) is 32.4 Å². The zero-order valence-corrected chi connectivity index (χ0v) is 18.2. The fraction of sp³-hybridized carbons (Fsp3) is 0.619. The van der Waals surface area contributed by atoms with Gasteiger partial charge in [-0.2, -0.15) is 0 Å². The highest BCUT2D eigenvalue weighted by Gasteiger charge is 2.33. The largest absolute Gasteiger partial charge is 0.493 e. The molecule has 0 heterocycles. The number of carbonyl (C=O) groups excluding carboxylic acids is 2. The van der Waals surface area contributed by atoms with E-state index < -0.39 is 6.04 Å². The summed E-state index contributed by atoms with van der Waals surface area (Å²) in [6, 6.07) is 4.51. The van der Waals surface area contributed by atoms with Crippen molar-refractivity contribution >= 4 is 23.4 Å². The van der Waals surface area contributed by atoms with Crippen molar-refractivity contribution in [3.05, 3.63) is 23.8 Å². The molecule has 162 valence electrons. The zero-order chi connectivity index (χ0) is 21.2. The number of methoxy groups -OCH3 is 3. The lowest BCUT2D eigenvalue weighted by atomic mass is 9.94. The van der Waals surface area contributed by atoms with Crippen LogP contribution >= 0.6 is 11.6 Å². The van der Waals surface area contributed by atoms with Crippen LogP contribution in [0, 0.1) is 0 Å². The molecule has 0 aromatic heterocycles. The molecule has 29 heavy (non-hydrogen) atoms. The quantitative estimate of drug-likeness (QED) is 0.582. The number of amides is 2. The van der Waals surface area contributed by atoms with Crippen LogP contribution in [0.1, 0.15) is 43.7 Å². The number of halogens is 1. The molecule has 1 fully saturated rings. The van der Waals surface area contributed by atoms with Gasteiger partial charge in [0.15, 0.2) is 11.5 Å². The third-order valence-corrected chi connectivity index (χ3v) is 5.43. The Labute approximate surface area is 177 Å². The third kappa shape index (κ3) is 6.24. The lowest BCUT2D eigenvalue weighted by molar-refractivity contribution is -0.140. The Kier molecular flexibility index (Phi) is 9.54.